The topological polar surface area (TPSA) is 58.0 Å². The number of para-hydroxylation sites is 6. The van der Waals surface area contributed by atoms with Gasteiger partial charge in [0.05, 0.1) is 39.5 Å². The molecule has 0 atom stereocenters. The summed E-state index contributed by atoms with van der Waals surface area (Å²) in [5.74, 6) is 1.77. The summed E-state index contributed by atoms with van der Waals surface area (Å²) >= 11 is 0. The minimum Gasteiger partial charge on any atom is -0.305 e. The molecule has 0 radical (unpaired) electrons. The molecule has 0 fully saturated rings. The van der Waals surface area contributed by atoms with Crippen LogP contribution >= 0.6 is 0 Å². The fourth-order valence-corrected chi connectivity index (χ4v) is 8.01. The minimum atomic E-state index is 0.542. The first kappa shape index (κ1) is 30.2. The number of pyridine rings is 1. The normalized spacial score (nSPS) is 12.4. The van der Waals surface area contributed by atoms with Gasteiger partial charge in [-0.2, -0.15) is 9.97 Å². The van der Waals surface area contributed by atoms with Gasteiger partial charge in [0.25, 0.3) is 0 Å². The van der Waals surface area contributed by atoms with Crippen molar-refractivity contribution < 1.29 is 0 Å². The van der Waals surface area contributed by atoms with E-state index in [2.05, 4.69) is 192 Å². The number of hydrogen-bond acceptors (Lipinski definition) is 6. The van der Waals surface area contributed by atoms with Crippen LogP contribution in [0.3, 0.4) is 0 Å². The number of hydrogen-bond donors (Lipinski definition) is 0. The van der Waals surface area contributed by atoms with E-state index in [0.29, 0.717) is 17.6 Å². The van der Waals surface area contributed by atoms with Gasteiger partial charge in [-0.3, -0.25) is 4.90 Å². The van der Waals surface area contributed by atoms with Crippen molar-refractivity contribution in [1.82, 2.24) is 19.9 Å². The predicted octanol–water partition coefficient (Wildman–Crippen LogP) is 12.5. The van der Waals surface area contributed by atoms with Gasteiger partial charge in [0, 0.05) is 21.9 Å². The third kappa shape index (κ3) is 4.67. The highest BCUT2D eigenvalue weighted by molar-refractivity contribution is 6.14. The van der Waals surface area contributed by atoms with Gasteiger partial charge in [-0.15, -0.1) is 0 Å². The highest BCUT2D eigenvalue weighted by Crippen LogP contribution is 2.55. The van der Waals surface area contributed by atoms with Crippen LogP contribution in [0.1, 0.15) is 0 Å². The van der Waals surface area contributed by atoms with Gasteiger partial charge in [-0.25, -0.2) is 9.97 Å². The molecule has 6 heteroatoms. The Hall–Kier alpha value is -7.44. The van der Waals surface area contributed by atoms with E-state index in [1.54, 1.807) is 0 Å². The zero-order chi connectivity index (χ0) is 35.6. The van der Waals surface area contributed by atoms with E-state index in [9.17, 15) is 0 Å². The number of nitrogens with zero attached hydrogens (tertiary/aromatic N) is 6. The Balaban J connectivity index is 1.20. The first-order valence-electron chi connectivity index (χ1n) is 18.1. The highest BCUT2D eigenvalue weighted by atomic mass is 15.3. The smallest absolute Gasteiger partial charge is 0.238 e. The summed E-state index contributed by atoms with van der Waals surface area (Å²) in [6, 6.07) is 63.2. The van der Waals surface area contributed by atoms with Gasteiger partial charge in [-0.05, 0) is 57.9 Å². The maximum absolute atomic E-state index is 5.35. The largest absolute Gasteiger partial charge is 0.305 e. The van der Waals surface area contributed by atoms with E-state index >= 15 is 0 Å². The van der Waals surface area contributed by atoms with E-state index in [0.717, 1.165) is 82.9 Å². The Labute approximate surface area is 311 Å². The molecule has 252 valence electrons. The second-order valence-corrected chi connectivity index (χ2v) is 13.5. The van der Waals surface area contributed by atoms with Crippen LogP contribution in [0.5, 0.6) is 0 Å². The van der Waals surface area contributed by atoms with E-state index in [4.69, 9.17) is 19.9 Å². The van der Waals surface area contributed by atoms with Crippen molar-refractivity contribution in [1.29, 1.82) is 0 Å². The SMILES string of the molecule is c1ccc2c(c1)N(c1nc(-c3cccc4ccccc34)nc(-c3cccc4ccccc34)n1)c1ccccc1N2c1c2ccccc2nc2ccccc12. The van der Waals surface area contributed by atoms with Crippen molar-refractivity contribution in [2.24, 2.45) is 0 Å². The molecule has 0 N–H and O–H groups in total. The third-order valence-corrected chi connectivity index (χ3v) is 10.4. The molecule has 2 aromatic heterocycles. The summed E-state index contributed by atoms with van der Waals surface area (Å²) in [5.41, 5.74) is 8.81. The van der Waals surface area contributed by atoms with E-state index in [1.165, 1.54) is 0 Å². The number of anilines is 6. The van der Waals surface area contributed by atoms with Gasteiger partial charge >= 0.3 is 0 Å². The van der Waals surface area contributed by atoms with Crippen molar-refractivity contribution in [3.63, 3.8) is 0 Å². The molecule has 3 heterocycles. The average molecular weight is 691 g/mol. The van der Waals surface area contributed by atoms with Crippen LogP contribution in [0.4, 0.5) is 34.4 Å². The lowest BCUT2D eigenvalue weighted by Gasteiger charge is -2.40. The maximum Gasteiger partial charge on any atom is 0.238 e. The summed E-state index contributed by atoms with van der Waals surface area (Å²) in [6.07, 6.45) is 0. The van der Waals surface area contributed by atoms with E-state index in [-0.39, 0.29) is 0 Å². The van der Waals surface area contributed by atoms with Gasteiger partial charge in [-0.1, -0.05) is 146 Å². The van der Waals surface area contributed by atoms with E-state index in [1.807, 2.05) is 0 Å². The lowest BCUT2D eigenvalue weighted by atomic mass is 10.0. The molecule has 0 saturated heterocycles. The average Bonchev–Trinajstić information content (AvgIpc) is 3.24. The molecule has 0 bridgehead atoms. The Morgan fingerprint density at radius 3 is 1.19 bits per heavy atom. The Morgan fingerprint density at radius 1 is 0.296 bits per heavy atom. The zero-order valence-corrected chi connectivity index (χ0v) is 29.0. The quantitative estimate of drug-likeness (QED) is 0.171. The zero-order valence-electron chi connectivity index (χ0n) is 29.0. The van der Waals surface area contributed by atoms with Crippen LogP contribution in [0, 0.1) is 0 Å². The minimum absolute atomic E-state index is 0.542. The van der Waals surface area contributed by atoms with Crippen LogP contribution < -0.4 is 9.80 Å². The predicted molar refractivity (Wildman–Crippen MR) is 221 cm³/mol. The summed E-state index contributed by atoms with van der Waals surface area (Å²) in [4.78, 5) is 25.6. The fraction of sp³-hybridized carbons (Fsp3) is 0. The molecular formula is C48H30N6. The molecule has 0 spiro atoms. The molecule has 0 unspecified atom stereocenters. The summed E-state index contributed by atoms with van der Waals surface area (Å²) in [7, 11) is 0. The number of rotatable bonds is 4. The molecule has 10 aromatic rings. The molecule has 1 aliphatic heterocycles. The van der Waals surface area contributed by atoms with Crippen LogP contribution in [-0.2, 0) is 0 Å². The fourth-order valence-electron chi connectivity index (χ4n) is 8.01. The monoisotopic (exact) mass is 690 g/mol. The molecule has 0 aliphatic carbocycles. The number of benzene rings is 8. The Kier molecular flexibility index (Phi) is 6.75. The van der Waals surface area contributed by atoms with Gasteiger partial charge in [0.1, 0.15) is 0 Å². The van der Waals surface area contributed by atoms with Crippen LogP contribution in [0.15, 0.2) is 182 Å². The standard InChI is InChI=1S/C48H30N6/c1-3-19-33-31(15-1)17-13-23-35(33)46-50-47(36-24-14-18-32-16-2-4-20-34(32)36)52-48(51-46)54-43-29-11-9-27-41(43)53(42-28-10-12-30-44(42)54)45-37-21-5-7-25-39(37)49-40-26-8-6-22-38(40)45/h1-30H. The van der Waals surface area contributed by atoms with Crippen molar-refractivity contribution in [2.75, 3.05) is 9.80 Å². The summed E-state index contributed by atoms with van der Waals surface area (Å²) < 4.78 is 0. The molecule has 0 saturated carbocycles. The molecule has 8 aromatic carbocycles. The maximum atomic E-state index is 5.35. The Morgan fingerprint density at radius 2 is 0.685 bits per heavy atom. The summed E-state index contributed by atoms with van der Waals surface area (Å²) in [6.45, 7) is 0. The number of aromatic nitrogens is 4. The molecule has 11 rings (SSSR count). The Bertz CT molecular complexity index is 2890. The van der Waals surface area contributed by atoms with Crippen LogP contribution in [-0.4, -0.2) is 19.9 Å². The first-order chi connectivity index (χ1) is 26.8. The second-order valence-electron chi connectivity index (χ2n) is 13.5. The van der Waals surface area contributed by atoms with Gasteiger partial charge in [0.2, 0.25) is 5.95 Å². The van der Waals surface area contributed by atoms with Crippen LogP contribution in [0.25, 0.3) is 66.1 Å². The summed E-state index contributed by atoms with van der Waals surface area (Å²) in [5, 5.41) is 6.58. The van der Waals surface area contributed by atoms with Crippen molar-refractivity contribution in [2.45, 2.75) is 0 Å². The second kappa shape index (κ2) is 12.1. The number of fused-ring (bicyclic) bond motifs is 6. The van der Waals surface area contributed by atoms with Crippen LogP contribution in [0.2, 0.25) is 0 Å². The first-order valence-corrected chi connectivity index (χ1v) is 18.1. The lowest BCUT2D eigenvalue weighted by molar-refractivity contribution is 1.01. The highest BCUT2D eigenvalue weighted by Gasteiger charge is 2.34. The lowest BCUT2D eigenvalue weighted by Crippen LogP contribution is -2.26. The molecule has 6 nitrogen and oxygen atoms in total. The molecular weight excluding hydrogens is 661 g/mol. The van der Waals surface area contributed by atoms with Crippen molar-refractivity contribution in [3.05, 3.63) is 182 Å². The van der Waals surface area contributed by atoms with Crippen molar-refractivity contribution in [3.8, 4) is 22.8 Å². The molecule has 54 heavy (non-hydrogen) atoms. The van der Waals surface area contributed by atoms with E-state index < -0.39 is 0 Å². The molecule has 1 aliphatic rings. The van der Waals surface area contributed by atoms with Gasteiger partial charge in [0.15, 0.2) is 11.6 Å². The molecule has 0 amide bonds. The van der Waals surface area contributed by atoms with Crippen molar-refractivity contribution >= 4 is 77.7 Å². The van der Waals surface area contributed by atoms with Gasteiger partial charge < -0.3 is 4.90 Å². The third-order valence-electron chi connectivity index (χ3n) is 10.4.